The van der Waals surface area contributed by atoms with Crippen LogP contribution in [0.3, 0.4) is 0 Å². The first-order chi connectivity index (χ1) is 20.2. The Hall–Kier alpha value is -4.68. The number of hydrogen-bond acceptors (Lipinski definition) is 9. The molecule has 1 N–H and O–H groups in total. The van der Waals surface area contributed by atoms with Gasteiger partial charge < -0.3 is 5.11 Å². The molecule has 12 heteroatoms. The van der Waals surface area contributed by atoms with E-state index in [4.69, 9.17) is 0 Å². The van der Waals surface area contributed by atoms with Crippen LogP contribution >= 0.6 is 11.3 Å². The van der Waals surface area contributed by atoms with Crippen molar-refractivity contribution in [1.82, 2.24) is 4.98 Å². The molecule has 4 aromatic rings. The van der Waals surface area contributed by atoms with Crippen LogP contribution < -0.4 is 4.90 Å². The smallest absolute Gasteiger partial charge is 0.301 e. The molecule has 0 bridgehead atoms. The number of carbonyl (C=O) groups is 2. The monoisotopic (exact) mass is 617 g/mol. The van der Waals surface area contributed by atoms with Crippen LogP contribution in [0.1, 0.15) is 49.1 Å². The lowest BCUT2D eigenvalue weighted by molar-refractivity contribution is -0.384. The van der Waals surface area contributed by atoms with Crippen molar-refractivity contribution in [3.63, 3.8) is 0 Å². The second kappa shape index (κ2) is 10.9. The molecule has 0 spiro atoms. The standard InChI is InChI=1S/C31H27N3O7S2/c1-18-5-7-20(8-6-18)27(35)25-26(19-9-11-21(12-10-19)31(2,3)4)33(29(37)28(25)36)30-32-17-24(42-30)43(40,41)23-15-13-22(14-16-23)34(38)39/h5-17,26,35H,1-4H3/t26-/m0/s1. The zero-order valence-electron chi connectivity index (χ0n) is 23.6. The van der Waals surface area contributed by atoms with E-state index in [1.807, 2.05) is 39.8 Å². The zero-order valence-corrected chi connectivity index (χ0v) is 25.3. The normalized spacial score (nSPS) is 16.9. The zero-order chi connectivity index (χ0) is 31.3. The third-order valence-electron chi connectivity index (χ3n) is 7.16. The summed E-state index contributed by atoms with van der Waals surface area (Å²) in [4.78, 5) is 42.5. The van der Waals surface area contributed by atoms with Crippen LogP contribution in [0.15, 0.2) is 93.7 Å². The van der Waals surface area contributed by atoms with Gasteiger partial charge in [-0.1, -0.05) is 86.2 Å². The number of Topliss-reactive ketones (excluding diaryl/α,β-unsaturated/α-hetero) is 1. The Morgan fingerprint density at radius 2 is 1.58 bits per heavy atom. The van der Waals surface area contributed by atoms with Gasteiger partial charge in [-0.25, -0.2) is 13.4 Å². The Morgan fingerprint density at radius 3 is 2.14 bits per heavy atom. The van der Waals surface area contributed by atoms with E-state index >= 15 is 0 Å². The van der Waals surface area contributed by atoms with Crippen molar-refractivity contribution in [3.8, 4) is 0 Å². The Kier molecular flexibility index (Phi) is 7.53. The van der Waals surface area contributed by atoms with Gasteiger partial charge in [-0.15, -0.1) is 0 Å². The lowest BCUT2D eigenvalue weighted by atomic mass is 9.85. The maximum atomic E-state index is 13.5. The third-order valence-corrected chi connectivity index (χ3v) is 10.4. The van der Waals surface area contributed by atoms with Crippen LogP contribution in [0.4, 0.5) is 10.8 Å². The summed E-state index contributed by atoms with van der Waals surface area (Å²) in [6.45, 7) is 8.03. The van der Waals surface area contributed by atoms with Gasteiger partial charge >= 0.3 is 5.91 Å². The maximum absolute atomic E-state index is 13.5. The van der Waals surface area contributed by atoms with Gasteiger partial charge in [-0.05, 0) is 35.6 Å². The predicted molar refractivity (Wildman–Crippen MR) is 162 cm³/mol. The molecule has 3 aromatic carbocycles. The predicted octanol–water partition coefficient (Wildman–Crippen LogP) is 6.12. The van der Waals surface area contributed by atoms with Gasteiger partial charge in [-0.3, -0.25) is 24.6 Å². The lowest BCUT2D eigenvalue weighted by Crippen LogP contribution is -2.29. The molecule has 1 aliphatic heterocycles. The van der Waals surface area contributed by atoms with E-state index in [1.54, 1.807) is 36.4 Å². The number of rotatable bonds is 6. The summed E-state index contributed by atoms with van der Waals surface area (Å²) in [5.74, 6) is -2.26. The Morgan fingerprint density at radius 1 is 0.977 bits per heavy atom. The highest BCUT2D eigenvalue weighted by Gasteiger charge is 2.48. The first kappa shape index (κ1) is 29.8. The Labute approximate surface area is 252 Å². The molecule has 1 fully saturated rings. The Balaban J connectivity index is 1.63. The number of thiazole rings is 1. The Bertz CT molecular complexity index is 1890. The topological polar surface area (TPSA) is 148 Å². The maximum Gasteiger partial charge on any atom is 0.301 e. The second-order valence-corrected chi connectivity index (χ2v) is 14.3. The number of hydrogen-bond donors (Lipinski definition) is 1. The van der Waals surface area contributed by atoms with Crippen molar-refractivity contribution >= 4 is 49.4 Å². The molecular formula is C31H27N3O7S2. The molecule has 1 aromatic heterocycles. The number of aromatic nitrogens is 1. The van der Waals surface area contributed by atoms with Gasteiger partial charge in [0.05, 0.1) is 27.6 Å². The van der Waals surface area contributed by atoms with E-state index in [0.29, 0.717) is 22.5 Å². The van der Waals surface area contributed by atoms with Crippen molar-refractivity contribution < 1.29 is 28.0 Å². The van der Waals surface area contributed by atoms with Gasteiger partial charge in [-0.2, -0.15) is 0 Å². The van der Waals surface area contributed by atoms with Crippen LogP contribution in [0.5, 0.6) is 0 Å². The number of nitro groups is 1. The molecule has 43 heavy (non-hydrogen) atoms. The van der Waals surface area contributed by atoms with Crippen LogP contribution in [-0.4, -0.2) is 35.1 Å². The van der Waals surface area contributed by atoms with Crippen molar-refractivity contribution in [1.29, 1.82) is 0 Å². The number of aryl methyl sites for hydroxylation is 1. The van der Waals surface area contributed by atoms with Gasteiger partial charge in [0, 0.05) is 17.7 Å². The number of sulfone groups is 1. The largest absolute Gasteiger partial charge is 0.507 e. The third kappa shape index (κ3) is 5.46. The summed E-state index contributed by atoms with van der Waals surface area (Å²) < 4.78 is 26.5. The minimum absolute atomic E-state index is 0.0598. The molecule has 10 nitrogen and oxygen atoms in total. The average molecular weight is 618 g/mol. The van der Waals surface area contributed by atoms with E-state index in [9.17, 15) is 33.2 Å². The minimum Gasteiger partial charge on any atom is -0.507 e. The summed E-state index contributed by atoms with van der Waals surface area (Å²) in [7, 11) is -4.15. The molecule has 1 atom stereocenters. The summed E-state index contributed by atoms with van der Waals surface area (Å²) in [5.41, 5.74) is 2.24. The van der Waals surface area contributed by atoms with E-state index < -0.39 is 32.5 Å². The quantitative estimate of drug-likeness (QED) is 0.0895. The molecule has 1 aliphatic rings. The highest BCUT2D eigenvalue weighted by atomic mass is 32.2. The van der Waals surface area contributed by atoms with E-state index in [-0.39, 0.29) is 36.7 Å². The highest BCUT2D eigenvalue weighted by molar-refractivity contribution is 7.93. The van der Waals surface area contributed by atoms with Crippen LogP contribution in [0.2, 0.25) is 0 Å². The number of nitrogens with zero attached hydrogens (tertiary/aromatic N) is 3. The fourth-order valence-electron chi connectivity index (χ4n) is 4.73. The number of benzene rings is 3. The van der Waals surface area contributed by atoms with E-state index in [0.717, 1.165) is 46.5 Å². The molecule has 0 saturated carbocycles. The van der Waals surface area contributed by atoms with Crippen molar-refractivity contribution in [2.45, 2.75) is 48.3 Å². The van der Waals surface area contributed by atoms with Crippen LogP contribution in [0.25, 0.3) is 5.76 Å². The van der Waals surface area contributed by atoms with Gasteiger partial charge in [0.25, 0.3) is 11.5 Å². The van der Waals surface area contributed by atoms with Crippen molar-refractivity contribution in [3.05, 3.63) is 117 Å². The van der Waals surface area contributed by atoms with Gasteiger partial charge in [0.1, 0.15) is 9.97 Å². The summed E-state index contributed by atoms with van der Waals surface area (Å²) >= 11 is 0.681. The summed E-state index contributed by atoms with van der Waals surface area (Å²) in [6.07, 6.45) is 1.08. The molecule has 220 valence electrons. The average Bonchev–Trinajstić information content (AvgIpc) is 3.56. The van der Waals surface area contributed by atoms with E-state index in [1.165, 1.54) is 0 Å². The molecule has 0 aliphatic carbocycles. The SMILES string of the molecule is Cc1ccc(C(O)=C2C(=O)C(=O)N(c3ncc(S(=O)(=O)c4ccc([N+](=O)[O-])cc4)s3)[C@H]2c2ccc(C(C)(C)C)cc2)cc1. The fraction of sp³-hybridized carbons (Fsp3) is 0.194. The number of ketones is 1. The highest BCUT2D eigenvalue weighted by Crippen LogP contribution is 2.44. The van der Waals surface area contributed by atoms with Crippen molar-refractivity contribution in [2.24, 2.45) is 0 Å². The number of non-ortho nitro benzene ring substituents is 1. The number of amides is 1. The van der Waals surface area contributed by atoms with E-state index in [2.05, 4.69) is 4.98 Å². The number of nitro benzene ring substituents is 1. The van der Waals surface area contributed by atoms with Crippen LogP contribution in [-0.2, 0) is 24.8 Å². The van der Waals surface area contributed by atoms with Crippen molar-refractivity contribution in [2.75, 3.05) is 4.90 Å². The molecule has 5 rings (SSSR count). The van der Waals surface area contributed by atoms with Gasteiger partial charge in [0.15, 0.2) is 5.13 Å². The first-order valence-corrected chi connectivity index (χ1v) is 15.4. The minimum atomic E-state index is -4.15. The number of carbonyl (C=O) groups excluding carboxylic acids is 2. The molecular weight excluding hydrogens is 590 g/mol. The molecule has 0 radical (unpaired) electrons. The molecule has 2 heterocycles. The second-order valence-electron chi connectivity index (χ2n) is 11.1. The van der Waals surface area contributed by atoms with Crippen LogP contribution in [0, 0.1) is 17.0 Å². The van der Waals surface area contributed by atoms with Gasteiger partial charge in [0.2, 0.25) is 9.84 Å². The molecule has 1 amide bonds. The fourth-order valence-corrected chi connectivity index (χ4v) is 7.27. The number of aliphatic hydroxyl groups excluding tert-OH is 1. The first-order valence-electron chi connectivity index (χ1n) is 13.1. The molecule has 1 saturated heterocycles. The summed E-state index contributed by atoms with van der Waals surface area (Å²) in [5, 5.41) is 22.3. The molecule has 0 unspecified atom stereocenters. The summed E-state index contributed by atoms with van der Waals surface area (Å²) in [6, 6.07) is 17.5. The number of aliphatic hydroxyl groups is 1. The lowest BCUT2D eigenvalue weighted by Gasteiger charge is -2.24. The number of anilines is 1.